The Bertz CT molecular complexity index is 3540. The summed E-state index contributed by atoms with van der Waals surface area (Å²) in [6.45, 7) is 10.4. The van der Waals surface area contributed by atoms with Crippen LogP contribution in [0.1, 0.15) is 38.3 Å². The minimum absolute atomic E-state index is 0.0488. The lowest BCUT2D eigenvalue weighted by molar-refractivity contribution is 0.297. The number of hydrogen-bond donors (Lipinski definition) is 0. The molecule has 324 valence electrons. The molecule has 0 spiro atoms. The first-order valence-corrected chi connectivity index (χ1v) is 25.0. The third-order valence-corrected chi connectivity index (χ3v) is 16.1. The van der Waals surface area contributed by atoms with Gasteiger partial charge in [0.1, 0.15) is 5.69 Å². The van der Waals surface area contributed by atoms with Crippen molar-refractivity contribution in [3.05, 3.63) is 187 Å². The van der Waals surface area contributed by atoms with E-state index in [9.17, 15) is 0 Å². The van der Waals surface area contributed by atoms with E-state index in [1.165, 1.54) is 79.9 Å². The average molecular weight is 903 g/mol. The van der Waals surface area contributed by atoms with Gasteiger partial charge in [0.05, 0.1) is 13.2 Å². The molecule has 2 aromatic heterocycles. The van der Waals surface area contributed by atoms with Crippen molar-refractivity contribution in [1.82, 2.24) is 0 Å². The largest absolute Gasteiger partial charge is 0.489 e. The van der Waals surface area contributed by atoms with Crippen LogP contribution in [0.4, 0.5) is 34.1 Å². The predicted molar refractivity (Wildman–Crippen MR) is 287 cm³/mol. The molecule has 67 heavy (non-hydrogen) atoms. The van der Waals surface area contributed by atoms with Crippen LogP contribution in [-0.2, 0) is 5.41 Å². The third-order valence-electron chi connectivity index (χ3n) is 13.8. The maximum Gasteiger partial charge on any atom is 0.252 e. The highest BCUT2D eigenvalue weighted by Gasteiger charge is 2.45. The first-order chi connectivity index (χ1) is 32.7. The zero-order valence-corrected chi connectivity index (χ0v) is 39.6. The van der Waals surface area contributed by atoms with Crippen molar-refractivity contribution in [1.29, 1.82) is 0 Å². The molecule has 10 aromatic rings. The molecule has 7 heteroatoms. The highest BCUT2D eigenvalue weighted by atomic mass is 32.1. The second kappa shape index (κ2) is 15.5. The van der Waals surface area contributed by atoms with Gasteiger partial charge in [-0.1, -0.05) is 124 Å². The van der Waals surface area contributed by atoms with Gasteiger partial charge in [0, 0.05) is 59.6 Å². The number of aryl methyl sites for hydroxylation is 1. The van der Waals surface area contributed by atoms with Crippen molar-refractivity contribution in [3.63, 3.8) is 0 Å². The molecule has 0 atom stereocenters. The molecule has 0 saturated carbocycles. The van der Waals surface area contributed by atoms with E-state index < -0.39 is 0 Å². The monoisotopic (exact) mass is 902 g/mol. The predicted octanol–water partition coefficient (Wildman–Crippen LogP) is 15.0. The summed E-state index contributed by atoms with van der Waals surface area (Å²) in [7, 11) is 0. The van der Waals surface area contributed by atoms with Crippen LogP contribution in [0.5, 0.6) is 11.5 Å². The quantitative estimate of drug-likeness (QED) is 0.161. The van der Waals surface area contributed by atoms with Gasteiger partial charge in [0.2, 0.25) is 0 Å². The Morgan fingerprint density at radius 1 is 0.522 bits per heavy atom. The molecule has 0 aliphatic carbocycles. The second-order valence-electron chi connectivity index (χ2n) is 19.2. The molecule has 13 rings (SSSR count). The fraction of sp³-hybridized carbons (Fsp3) is 0.133. The van der Waals surface area contributed by atoms with Crippen molar-refractivity contribution in [2.45, 2.75) is 39.5 Å². The minimum atomic E-state index is -0.0756. The molecule has 0 N–H and O–H groups in total. The van der Waals surface area contributed by atoms with Crippen molar-refractivity contribution in [2.75, 3.05) is 23.0 Å². The van der Waals surface area contributed by atoms with Crippen LogP contribution >= 0.6 is 22.7 Å². The van der Waals surface area contributed by atoms with E-state index in [1.807, 2.05) is 22.7 Å². The number of benzene rings is 8. The number of thiophene rings is 2. The number of hydrogen-bond acceptors (Lipinski definition) is 6. The van der Waals surface area contributed by atoms with Crippen molar-refractivity contribution in [3.8, 4) is 43.5 Å². The lowest BCUT2D eigenvalue weighted by Crippen LogP contribution is -2.61. The Balaban J connectivity index is 1.11. The molecule has 0 radical (unpaired) electrons. The summed E-state index contributed by atoms with van der Waals surface area (Å²) >= 11 is 3.72. The van der Waals surface area contributed by atoms with Crippen LogP contribution < -0.4 is 35.7 Å². The van der Waals surface area contributed by atoms with E-state index >= 15 is 0 Å². The van der Waals surface area contributed by atoms with Gasteiger partial charge >= 0.3 is 0 Å². The van der Waals surface area contributed by atoms with Crippen molar-refractivity contribution in [2.24, 2.45) is 0 Å². The fourth-order valence-corrected chi connectivity index (χ4v) is 12.7. The van der Waals surface area contributed by atoms with E-state index in [0.717, 1.165) is 51.8 Å². The highest BCUT2D eigenvalue weighted by molar-refractivity contribution is 7.22. The molecule has 0 fully saturated rings. The number of rotatable bonds is 5. The van der Waals surface area contributed by atoms with Crippen LogP contribution in [0.3, 0.4) is 0 Å². The molecule has 3 aliphatic heterocycles. The summed E-state index contributed by atoms with van der Waals surface area (Å²) in [5.41, 5.74) is 17.8. The third kappa shape index (κ3) is 6.62. The van der Waals surface area contributed by atoms with Crippen molar-refractivity contribution >= 4 is 100 Å². The normalized spacial score (nSPS) is 13.9. The lowest BCUT2D eigenvalue weighted by atomic mass is 9.33. The first-order valence-electron chi connectivity index (χ1n) is 23.3. The lowest BCUT2D eigenvalue weighted by Gasteiger charge is -2.45. The van der Waals surface area contributed by atoms with Crippen LogP contribution in [0.2, 0.25) is 0 Å². The Morgan fingerprint density at radius 2 is 1.19 bits per heavy atom. The van der Waals surface area contributed by atoms with Gasteiger partial charge in [-0.3, -0.25) is 0 Å². The van der Waals surface area contributed by atoms with Crippen LogP contribution in [-0.4, -0.2) is 19.9 Å². The summed E-state index contributed by atoms with van der Waals surface area (Å²) in [5.74, 6) is 1.57. The summed E-state index contributed by atoms with van der Waals surface area (Å²) in [4.78, 5) is 7.61. The smallest absolute Gasteiger partial charge is 0.252 e. The summed E-state index contributed by atoms with van der Waals surface area (Å²) in [6, 6.07) is 65.7. The first kappa shape index (κ1) is 40.2. The van der Waals surface area contributed by atoms with Gasteiger partial charge < -0.3 is 19.3 Å². The number of ether oxygens (including phenoxy) is 2. The van der Waals surface area contributed by atoms with Gasteiger partial charge in [0.25, 0.3) is 6.71 Å². The van der Waals surface area contributed by atoms with Crippen LogP contribution in [0.25, 0.3) is 52.2 Å². The Hall–Kier alpha value is -7.06. The van der Waals surface area contributed by atoms with E-state index in [0.29, 0.717) is 13.2 Å². The number of fused-ring (bicyclic) bond motifs is 7. The Kier molecular flexibility index (Phi) is 9.32. The Labute approximate surface area is 400 Å². The molecule has 0 unspecified atom stereocenters. The van der Waals surface area contributed by atoms with Gasteiger partial charge in [-0.15, -0.1) is 22.7 Å². The molecule has 4 nitrogen and oxygen atoms in total. The van der Waals surface area contributed by atoms with E-state index in [4.69, 9.17) is 9.47 Å². The van der Waals surface area contributed by atoms with Gasteiger partial charge in [-0.25, -0.2) is 0 Å². The zero-order valence-electron chi connectivity index (χ0n) is 38.0. The Morgan fingerprint density at radius 3 is 1.93 bits per heavy atom. The van der Waals surface area contributed by atoms with Gasteiger partial charge in [-0.05, 0) is 140 Å². The second-order valence-corrected chi connectivity index (χ2v) is 21.3. The summed E-state index contributed by atoms with van der Waals surface area (Å²) in [5, 5.41) is 2.55. The minimum Gasteiger partial charge on any atom is -0.489 e. The van der Waals surface area contributed by atoms with Gasteiger partial charge in [-0.2, -0.15) is 0 Å². The number of anilines is 6. The molecule has 8 aromatic carbocycles. The average Bonchev–Trinajstić information content (AvgIpc) is 3.91. The molecular weight excluding hydrogens is 856 g/mol. The molecule has 0 amide bonds. The molecule has 0 bridgehead atoms. The molecular formula is C60H47BN2O2S2. The maximum absolute atomic E-state index is 6.86. The van der Waals surface area contributed by atoms with Crippen LogP contribution in [0, 0.1) is 6.92 Å². The van der Waals surface area contributed by atoms with Gasteiger partial charge in [0.15, 0.2) is 11.5 Å². The highest BCUT2D eigenvalue weighted by Crippen LogP contribution is 2.54. The van der Waals surface area contributed by atoms with E-state index in [-0.39, 0.29) is 12.1 Å². The molecule has 5 heterocycles. The van der Waals surface area contributed by atoms with E-state index in [1.54, 1.807) is 0 Å². The van der Waals surface area contributed by atoms with E-state index in [2.05, 4.69) is 213 Å². The topological polar surface area (TPSA) is 24.9 Å². The maximum atomic E-state index is 6.86. The van der Waals surface area contributed by atoms with Crippen LogP contribution in [0.15, 0.2) is 176 Å². The SMILES string of the molecule is Cc1cc2c3c(c1)N(c1c(-c4ccccc4)ccc4c1OCCCO4)c1ccc(C(C)(C)C)cc1B3c1ccc(-c3cc4ccccc4s3)cc1N2c1cccc(-c2cc3ccccc3s2)c1. The zero-order chi connectivity index (χ0) is 45.0. The van der Waals surface area contributed by atoms with Crippen molar-refractivity contribution < 1.29 is 9.47 Å². The fourth-order valence-electron chi connectivity index (χ4n) is 10.6. The standard InChI is InChI=1S/C60H47BN2O2S2/c1-37-30-50-57-51(31-37)63(58-45(38-14-6-5-7-15-38)24-27-52-59(58)65-29-13-28-64-52)48-26-23-43(60(2,3)4)36-47(48)61(57)46-25-22-42(56-35-41-17-9-11-21-54(41)67-56)33-49(46)62(50)44-19-12-18-39(32-44)55-34-40-16-8-10-20-53(40)66-55/h5-12,14-27,30-36H,13,28-29H2,1-4H3. The molecule has 3 aliphatic rings. The number of nitrogens with zero attached hydrogens (tertiary/aromatic N) is 2. The molecule has 0 saturated heterocycles. The summed E-state index contributed by atoms with van der Waals surface area (Å²) < 4.78 is 16.0. The summed E-state index contributed by atoms with van der Waals surface area (Å²) in [6.07, 6.45) is 0.817.